The van der Waals surface area contributed by atoms with E-state index in [4.69, 9.17) is 9.84 Å². The molecule has 0 heterocycles. The van der Waals surface area contributed by atoms with Gasteiger partial charge >= 0.3 is 0 Å². The third kappa shape index (κ3) is 7.21. The first kappa shape index (κ1) is 20.3. The first-order valence-corrected chi connectivity index (χ1v) is 7.72. The highest BCUT2D eigenvalue weighted by molar-refractivity contribution is 5.42. The van der Waals surface area contributed by atoms with Crippen molar-refractivity contribution >= 4 is 11.4 Å². The second-order valence-corrected chi connectivity index (χ2v) is 5.98. The van der Waals surface area contributed by atoms with Gasteiger partial charge in [0.15, 0.2) is 0 Å². The Kier molecular flexibility index (Phi) is 8.60. The zero-order valence-electron chi connectivity index (χ0n) is 14.1. The second kappa shape index (κ2) is 10.2. The molecule has 0 saturated carbocycles. The SMILES string of the molecule is C[N+](C)(CCO)CCOc1ccc(N=Nc2ccccc2)cc1.[Br-]. The number of halogens is 1. The Morgan fingerprint density at radius 2 is 1.46 bits per heavy atom. The molecule has 6 heteroatoms. The first-order chi connectivity index (χ1) is 11.1. The number of aliphatic hydroxyl groups is 1. The Bertz CT molecular complexity index is 616. The molecule has 0 spiro atoms. The molecule has 0 amide bonds. The monoisotopic (exact) mass is 393 g/mol. The summed E-state index contributed by atoms with van der Waals surface area (Å²) >= 11 is 0. The van der Waals surface area contributed by atoms with Gasteiger partial charge in [-0.2, -0.15) is 10.2 Å². The maximum atomic E-state index is 9.01. The van der Waals surface area contributed by atoms with Crippen LogP contribution in [-0.2, 0) is 0 Å². The summed E-state index contributed by atoms with van der Waals surface area (Å²) in [5.41, 5.74) is 1.62. The molecule has 5 nitrogen and oxygen atoms in total. The van der Waals surface area contributed by atoms with Crippen LogP contribution in [0.3, 0.4) is 0 Å². The molecule has 0 radical (unpaired) electrons. The Labute approximate surface area is 154 Å². The number of aliphatic hydroxyl groups excluding tert-OH is 1. The zero-order chi connectivity index (χ0) is 16.5. The van der Waals surface area contributed by atoms with Gasteiger partial charge in [-0.1, -0.05) is 18.2 Å². The van der Waals surface area contributed by atoms with Gasteiger partial charge in [-0.3, -0.25) is 0 Å². The molecule has 0 atom stereocenters. The van der Waals surface area contributed by atoms with Crippen molar-refractivity contribution in [2.45, 2.75) is 0 Å². The summed E-state index contributed by atoms with van der Waals surface area (Å²) in [6, 6.07) is 17.2. The number of ether oxygens (including phenoxy) is 1. The molecule has 0 aliphatic carbocycles. The molecule has 2 aromatic rings. The Morgan fingerprint density at radius 1 is 0.875 bits per heavy atom. The molecule has 0 bridgehead atoms. The van der Waals surface area contributed by atoms with E-state index in [1.807, 2.05) is 54.6 Å². The summed E-state index contributed by atoms with van der Waals surface area (Å²) in [4.78, 5) is 0. The molecule has 0 aromatic heterocycles. The van der Waals surface area contributed by atoms with Crippen LogP contribution in [0.2, 0.25) is 0 Å². The number of nitrogens with zero attached hydrogens (tertiary/aromatic N) is 3. The van der Waals surface area contributed by atoms with E-state index in [1.165, 1.54) is 0 Å². The highest BCUT2D eigenvalue weighted by Gasteiger charge is 2.13. The smallest absolute Gasteiger partial charge is 0.137 e. The van der Waals surface area contributed by atoms with Gasteiger partial charge in [-0.05, 0) is 36.4 Å². The Balaban J connectivity index is 0.00000288. The maximum Gasteiger partial charge on any atom is 0.137 e. The number of hydrogen-bond acceptors (Lipinski definition) is 4. The average Bonchev–Trinajstić information content (AvgIpc) is 2.55. The number of hydrogen-bond donors (Lipinski definition) is 1. The molecule has 130 valence electrons. The van der Waals surface area contributed by atoms with Crippen molar-refractivity contribution in [2.24, 2.45) is 10.2 Å². The van der Waals surface area contributed by atoms with Gasteiger partial charge in [0.05, 0.1) is 32.1 Å². The van der Waals surface area contributed by atoms with E-state index in [0.29, 0.717) is 6.61 Å². The fourth-order valence-corrected chi connectivity index (χ4v) is 2.01. The molecule has 24 heavy (non-hydrogen) atoms. The van der Waals surface area contributed by atoms with Crippen molar-refractivity contribution in [1.29, 1.82) is 0 Å². The Morgan fingerprint density at radius 3 is 2.04 bits per heavy atom. The lowest BCUT2D eigenvalue weighted by molar-refractivity contribution is -0.890. The van der Waals surface area contributed by atoms with Crippen molar-refractivity contribution in [3.8, 4) is 5.75 Å². The zero-order valence-corrected chi connectivity index (χ0v) is 15.7. The van der Waals surface area contributed by atoms with E-state index in [0.717, 1.165) is 34.7 Å². The third-order valence-corrected chi connectivity index (χ3v) is 3.54. The van der Waals surface area contributed by atoms with E-state index < -0.39 is 0 Å². The summed E-state index contributed by atoms with van der Waals surface area (Å²) in [6.45, 7) is 2.37. The lowest BCUT2D eigenvalue weighted by Crippen LogP contribution is -3.00. The van der Waals surface area contributed by atoms with Crippen LogP contribution in [0.5, 0.6) is 5.75 Å². The van der Waals surface area contributed by atoms with Gasteiger partial charge in [0.25, 0.3) is 0 Å². The molecule has 0 aliphatic rings. The van der Waals surface area contributed by atoms with Crippen LogP contribution in [0.4, 0.5) is 11.4 Å². The quantitative estimate of drug-likeness (QED) is 0.526. The fraction of sp³-hybridized carbons (Fsp3) is 0.333. The summed E-state index contributed by atoms with van der Waals surface area (Å²) in [6.07, 6.45) is 0. The molecule has 2 rings (SSSR count). The van der Waals surface area contributed by atoms with Crippen LogP contribution in [0.15, 0.2) is 64.8 Å². The van der Waals surface area contributed by atoms with Crippen LogP contribution in [0, 0.1) is 0 Å². The molecular weight excluding hydrogens is 370 g/mol. The van der Waals surface area contributed by atoms with Crippen LogP contribution in [0.25, 0.3) is 0 Å². The van der Waals surface area contributed by atoms with Gasteiger partial charge in [0.2, 0.25) is 0 Å². The highest BCUT2D eigenvalue weighted by Crippen LogP contribution is 2.21. The predicted octanol–water partition coefficient (Wildman–Crippen LogP) is 0.553. The third-order valence-electron chi connectivity index (χ3n) is 3.54. The predicted molar refractivity (Wildman–Crippen MR) is 91.5 cm³/mol. The molecule has 1 N–H and O–H groups in total. The van der Waals surface area contributed by atoms with E-state index in [-0.39, 0.29) is 23.6 Å². The van der Waals surface area contributed by atoms with Crippen molar-refractivity contribution in [1.82, 2.24) is 0 Å². The summed E-state index contributed by atoms with van der Waals surface area (Å²) < 4.78 is 6.47. The van der Waals surface area contributed by atoms with Gasteiger partial charge in [-0.25, -0.2) is 0 Å². The van der Waals surface area contributed by atoms with E-state index in [2.05, 4.69) is 24.3 Å². The van der Waals surface area contributed by atoms with Gasteiger partial charge < -0.3 is 31.3 Å². The minimum Gasteiger partial charge on any atom is -1.00 e. The van der Waals surface area contributed by atoms with Gasteiger partial charge in [0.1, 0.15) is 25.4 Å². The number of rotatable bonds is 8. The van der Waals surface area contributed by atoms with Crippen molar-refractivity contribution < 1.29 is 31.3 Å². The summed E-state index contributed by atoms with van der Waals surface area (Å²) in [5, 5.41) is 17.4. The average molecular weight is 394 g/mol. The van der Waals surface area contributed by atoms with Gasteiger partial charge in [0, 0.05) is 0 Å². The van der Waals surface area contributed by atoms with Crippen molar-refractivity contribution in [3.05, 3.63) is 54.6 Å². The molecular formula is C18H24BrN3O2. The number of quaternary nitrogens is 1. The van der Waals surface area contributed by atoms with Crippen LogP contribution in [-0.4, -0.2) is 50.0 Å². The minimum absolute atomic E-state index is 0. The topological polar surface area (TPSA) is 54.2 Å². The summed E-state index contributed by atoms with van der Waals surface area (Å²) in [5.74, 6) is 0.813. The van der Waals surface area contributed by atoms with Crippen LogP contribution < -0.4 is 21.7 Å². The molecule has 0 aliphatic heterocycles. The second-order valence-electron chi connectivity index (χ2n) is 5.98. The highest BCUT2D eigenvalue weighted by atomic mass is 79.9. The van der Waals surface area contributed by atoms with Crippen molar-refractivity contribution in [2.75, 3.05) is 40.4 Å². The fourth-order valence-electron chi connectivity index (χ4n) is 2.01. The van der Waals surface area contributed by atoms with Crippen molar-refractivity contribution in [3.63, 3.8) is 0 Å². The number of azo groups is 1. The molecule has 0 fully saturated rings. The summed E-state index contributed by atoms with van der Waals surface area (Å²) in [7, 11) is 4.15. The van der Waals surface area contributed by atoms with Crippen LogP contribution in [0.1, 0.15) is 0 Å². The lowest BCUT2D eigenvalue weighted by atomic mass is 10.3. The normalized spacial score (nSPS) is 11.3. The Hall–Kier alpha value is -1.76. The molecule has 0 unspecified atom stereocenters. The number of likely N-dealkylation sites (N-methyl/N-ethyl adjacent to an activating group) is 1. The van der Waals surface area contributed by atoms with Gasteiger partial charge in [-0.15, -0.1) is 0 Å². The first-order valence-electron chi connectivity index (χ1n) is 7.72. The lowest BCUT2D eigenvalue weighted by Gasteiger charge is -2.28. The van der Waals surface area contributed by atoms with E-state index in [9.17, 15) is 0 Å². The van der Waals surface area contributed by atoms with Crippen LogP contribution >= 0.6 is 0 Å². The largest absolute Gasteiger partial charge is 1.00 e. The van der Waals surface area contributed by atoms with E-state index in [1.54, 1.807) is 0 Å². The molecule has 0 saturated heterocycles. The molecule has 2 aromatic carbocycles. The number of benzene rings is 2. The van der Waals surface area contributed by atoms with E-state index >= 15 is 0 Å². The standard InChI is InChI=1S/C18H24N3O2.BrH/c1-21(2,12-14-22)13-15-23-18-10-8-17(9-11-18)20-19-16-6-4-3-5-7-16;/h3-11,22H,12-15H2,1-2H3;1H/q+1;/p-1. The maximum absolute atomic E-state index is 9.01. The minimum atomic E-state index is 0.